The number of hydrogen-bond donors (Lipinski definition) is 2. The third-order valence-corrected chi connectivity index (χ3v) is 4.57. The molecule has 0 aromatic heterocycles. The van der Waals surface area contributed by atoms with Crippen molar-refractivity contribution in [2.75, 3.05) is 33.1 Å². The topological polar surface area (TPSA) is 90.3 Å². The average molecular weight is 306 g/mol. The lowest BCUT2D eigenvalue weighted by Gasteiger charge is -2.32. The highest BCUT2D eigenvalue weighted by atomic mass is 32.2. The van der Waals surface area contributed by atoms with Crippen LogP contribution in [0, 0.1) is 0 Å². The van der Waals surface area contributed by atoms with E-state index in [1.807, 2.05) is 6.92 Å². The Morgan fingerprint density at radius 2 is 2.20 bits per heavy atom. The lowest BCUT2D eigenvalue weighted by atomic mass is 10.2. The van der Waals surface area contributed by atoms with Crippen LogP contribution in [0.3, 0.4) is 0 Å². The average Bonchev–Trinajstić information content (AvgIpc) is 2.81. The summed E-state index contributed by atoms with van der Waals surface area (Å²) in [4.78, 5) is 26.4. The van der Waals surface area contributed by atoms with E-state index in [9.17, 15) is 19.8 Å². The number of aliphatic carboxylic acids is 1. The first-order chi connectivity index (χ1) is 9.42. The number of rotatable bonds is 6. The molecule has 3 atom stereocenters. The van der Waals surface area contributed by atoms with E-state index in [0.29, 0.717) is 12.2 Å². The Morgan fingerprint density at radius 1 is 1.55 bits per heavy atom. The standard InChI is InChI=1S/C12H22N2O5S/c1-4-10-14(9(7-20-10)11(16)17)12(18)13(2)5-8(15)6-19-3/h8-10,15H,4-7H2,1-3H3,(H,16,17). The van der Waals surface area contributed by atoms with Gasteiger partial charge in [-0.25, -0.2) is 9.59 Å². The molecule has 0 aromatic rings. The molecule has 1 aliphatic heterocycles. The number of carboxylic acids is 1. The first-order valence-corrected chi connectivity index (χ1v) is 7.52. The maximum absolute atomic E-state index is 12.4. The number of likely N-dealkylation sites (N-methyl/N-ethyl adjacent to an activating group) is 1. The molecule has 0 radical (unpaired) electrons. The fraction of sp³-hybridized carbons (Fsp3) is 0.833. The Labute approximate surface area is 122 Å². The predicted octanol–water partition coefficient (Wildman–Crippen LogP) is 0.284. The molecular formula is C12H22N2O5S. The van der Waals surface area contributed by atoms with Crippen LogP contribution in [-0.4, -0.2) is 82.6 Å². The summed E-state index contributed by atoms with van der Waals surface area (Å²) in [7, 11) is 3.02. The number of carbonyl (C=O) groups is 2. The van der Waals surface area contributed by atoms with Crippen LogP contribution in [0.4, 0.5) is 4.79 Å². The van der Waals surface area contributed by atoms with Gasteiger partial charge in [-0.2, -0.15) is 0 Å². The summed E-state index contributed by atoms with van der Waals surface area (Å²) < 4.78 is 4.81. The molecule has 1 aliphatic rings. The van der Waals surface area contributed by atoms with E-state index in [1.165, 1.54) is 28.7 Å². The molecule has 1 rings (SSSR count). The van der Waals surface area contributed by atoms with Crippen LogP contribution >= 0.6 is 11.8 Å². The minimum Gasteiger partial charge on any atom is -0.480 e. The molecule has 2 amide bonds. The summed E-state index contributed by atoms with van der Waals surface area (Å²) in [6.45, 7) is 2.16. The van der Waals surface area contributed by atoms with E-state index in [0.717, 1.165) is 0 Å². The molecule has 2 N–H and O–H groups in total. The van der Waals surface area contributed by atoms with E-state index in [1.54, 1.807) is 7.05 Å². The zero-order valence-corrected chi connectivity index (χ0v) is 12.8. The number of aliphatic hydroxyl groups excluding tert-OH is 1. The lowest BCUT2D eigenvalue weighted by Crippen LogP contribution is -2.52. The van der Waals surface area contributed by atoms with Crippen LogP contribution in [0.15, 0.2) is 0 Å². The number of hydrogen-bond acceptors (Lipinski definition) is 5. The van der Waals surface area contributed by atoms with Crippen LogP contribution in [0.1, 0.15) is 13.3 Å². The van der Waals surface area contributed by atoms with Gasteiger partial charge in [-0.15, -0.1) is 11.8 Å². The predicted molar refractivity (Wildman–Crippen MR) is 75.7 cm³/mol. The summed E-state index contributed by atoms with van der Waals surface area (Å²) in [5.41, 5.74) is 0. The largest absolute Gasteiger partial charge is 0.480 e. The van der Waals surface area contributed by atoms with Crippen molar-refractivity contribution in [3.63, 3.8) is 0 Å². The van der Waals surface area contributed by atoms with E-state index in [2.05, 4.69) is 0 Å². The Morgan fingerprint density at radius 3 is 2.70 bits per heavy atom. The zero-order chi connectivity index (χ0) is 15.3. The van der Waals surface area contributed by atoms with Gasteiger partial charge in [0.2, 0.25) is 0 Å². The fourth-order valence-electron chi connectivity index (χ4n) is 2.16. The number of ether oxygens (including phenoxy) is 1. The van der Waals surface area contributed by atoms with Crippen LogP contribution < -0.4 is 0 Å². The summed E-state index contributed by atoms with van der Waals surface area (Å²) in [5.74, 6) is -0.596. The maximum Gasteiger partial charge on any atom is 0.327 e. The molecular weight excluding hydrogens is 284 g/mol. The van der Waals surface area contributed by atoms with E-state index < -0.39 is 18.1 Å². The van der Waals surface area contributed by atoms with Gasteiger partial charge in [0.25, 0.3) is 0 Å². The molecule has 116 valence electrons. The lowest BCUT2D eigenvalue weighted by molar-refractivity contribution is -0.141. The quantitative estimate of drug-likeness (QED) is 0.733. The molecule has 1 fully saturated rings. The Balaban J connectivity index is 2.73. The van der Waals surface area contributed by atoms with Gasteiger partial charge in [0, 0.05) is 19.9 Å². The normalized spacial score (nSPS) is 23.7. The summed E-state index contributed by atoms with van der Waals surface area (Å²) in [6.07, 6.45) is -0.0955. The highest BCUT2D eigenvalue weighted by Crippen LogP contribution is 2.32. The van der Waals surface area contributed by atoms with Crippen molar-refractivity contribution in [3.05, 3.63) is 0 Å². The van der Waals surface area contributed by atoms with Crippen LogP contribution in [0.25, 0.3) is 0 Å². The number of amides is 2. The van der Waals surface area contributed by atoms with E-state index in [4.69, 9.17) is 4.74 Å². The Hall–Kier alpha value is -0.990. The van der Waals surface area contributed by atoms with Crippen LogP contribution in [0.5, 0.6) is 0 Å². The van der Waals surface area contributed by atoms with Crippen molar-refractivity contribution in [3.8, 4) is 0 Å². The second-order valence-electron chi connectivity index (χ2n) is 4.73. The molecule has 7 nitrogen and oxygen atoms in total. The van der Waals surface area contributed by atoms with Crippen molar-refractivity contribution in [2.45, 2.75) is 30.9 Å². The maximum atomic E-state index is 12.4. The summed E-state index contributed by atoms with van der Waals surface area (Å²) >= 11 is 1.47. The first kappa shape index (κ1) is 17.1. The van der Waals surface area contributed by atoms with Gasteiger partial charge in [-0.05, 0) is 6.42 Å². The molecule has 0 saturated carbocycles. The SMILES string of the molecule is CCC1SCC(C(=O)O)N1C(=O)N(C)CC(O)COC. The number of thioether (sulfide) groups is 1. The van der Waals surface area contributed by atoms with E-state index >= 15 is 0 Å². The van der Waals surface area contributed by atoms with Crippen molar-refractivity contribution in [2.24, 2.45) is 0 Å². The van der Waals surface area contributed by atoms with Gasteiger partial charge in [-0.1, -0.05) is 6.92 Å². The Bertz CT molecular complexity index is 355. The number of carboxylic acid groups (broad SMARTS) is 1. The second kappa shape index (κ2) is 7.70. The van der Waals surface area contributed by atoms with E-state index in [-0.39, 0.29) is 24.6 Å². The molecule has 0 bridgehead atoms. The van der Waals surface area contributed by atoms with Crippen molar-refractivity contribution in [1.82, 2.24) is 9.80 Å². The van der Waals surface area contributed by atoms with Gasteiger partial charge in [0.15, 0.2) is 0 Å². The van der Waals surface area contributed by atoms with Gasteiger partial charge in [0.1, 0.15) is 6.04 Å². The second-order valence-corrected chi connectivity index (χ2v) is 5.94. The van der Waals surface area contributed by atoms with Crippen LogP contribution in [0.2, 0.25) is 0 Å². The molecule has 1 saturated heterocycles. The molecule has 0 aromatic carbocycles. The smallest absolute Gasteiger partial charge is 0.327 e. The number of methoxy groups -OCH3 is 1. The number of aliphatic hydroxyl groups is 1. The summed E-state index contributed by atoms with van der Waals surface area (Å²) in [5, 5.41) is 18.7. The number of urea groups is 1. The summed E-state index contributed by atoms with van der Waals surface area (Å²) in [6, 6.07) is -1.18. The molecule has 3 unspecified atom stereocenters. The zero-order valence-electron chi connectivity index (χ0n) is 12.0. The van der Waals surface area contributed by atoms with Crippen molar-refractivity contribution in [1.29, 1.82) is 0 Å². The van der Waals surface area contributed by atoms with Crippen molar-refractivity contribution >= 4 is 23.8 Å². The molecule has 1 heterocycles. The van der Waals surface area contributed by atoms with Gasteiger partial charge in [-0.3, -0.25) is 4.90 Å². The first-order valence-electron chi connectivity index (χ1n) is 6.47. The molecule has 0 aliphatic carbocycles. The molecule has 8 heteroatoms. The highest BCUT2D eigenvalue weighted by molar-refractivity contribution is 8.00. The minimum atomic E-state index is -0.993. The Kier molecular flexibility index (Phi) is 6.57. The van der Waals surface area contributed by atoms with Gasteiger partial charge in [0.05, 0.1) is 24.6 Å². The third-order valence-electron chi connectivity index (χ3n) is 3.12. The molecule has 0 spiro atoms. The number of carbonyl (C=O) groups excluding carboxylic acids is 1. The highest BCUT2D eigenvalue weighted by Gasteiger charge is 2.42. The van der Waals surface area contributed by atoms with Crippen molar-refractivity contribution < 1.29 is 24.5 Å². The minimum absolute atomic E-state index is 0.108. The molecule has 20 heavy (non-hydrogen) atoms. The third kappa shape index (κ3) is 4.00. The van der Waals surface area contributed by atoms with Crippen LogP contribution in [-0.2, 0) is 9.53 Å². The fourth-order valence-corrected chi connectivity index (χ4v) is 3.50. The van der Waals surface area contributed by atoms with Gasteiger partial charge < -0.3 is 19.8 Å². The monoisotopic (exact) mass is 306 g/mol. The number of nitrogens with zero attached hydrogens (tertiary/aromatic N) is 2. The van der Waals surface area contributed by atoms with Gasteiger partial charge >= 0.3 is 12.0 Å².